The summed E-state index contributed by atoms with van der Waals surface area (Å²) in [5, 5.41) is 12.1. The lowest BCUT2D eigenvalue weighted by Gasteiger charge is -2.39. The third-order valence-corrected chi connectivity index (χ3v) is 4.02. The second kappa shape index (κ2) is 4.51. The molecule has 2 unspecified atom stereocenters. The number of nitrogens with zero attached hydrogens (tertiary/aromatic N) is 2. The zero-order valence-corrected chi connectivity index (χ0v) is 10.3. The monoisotopic (exact) mass is 240 g/mol. The highest BCUT2D eigenvalue weighted by atomic mass is 32.1. The van der Waals surface area contributed by atoms with Crippen LogP contribution in [0.2, 0.25) is 0 Å². The van der Waals surface area contributed by atoms with Gasteiger partial charge in [-0.25, -0.2) is 4.98 Å². The first-order chi connectivity index (χ1) is 7.58. The number of aryl methyl sites for hydroxylation is 1. The van der Waals surface area contributed by atoms with Crippen LogP contribution in [-0.4, -0.2) is 34.0 Å². The minimum atomic E-state index is -0.669. The number of carboxylic acid groups (broad SMARTS) is 1. The zero-order chi connectivity index (χ0) is 11.7. The van der Waals surface area contributed by atoms with Crippen LogP contribution >= 0.6 is 11.3 Å². The molecule has 0 bridgehead atoms. The highest BCUT2D eigenvalue weighted by molar-refractivity contribution is 7.09. The number of aliphatic carboxylic acids is 1. The summed E-state index contributed by atoms with van der Waals surface area (Å²) in [6, 6.07) is 0.180. The molecule has 1 saturated carbocycles. The molecule has 1 heterocycles. The van der Waals surface area contributed by atoms with Crippen molar-refractivity contribution in [3.8, 4) is 0 Å². The van der Waals surface area contributed by atoms with Crippen molar-refractivity contribution in [2.24, 2.45) is 5.92 Å². The van der Waals surface area contributed by atoms with Gasteiger partial charge in [0.15, 0.2) is 0 Å². The molecule has 2 rings (SSSR count). The average Bonchev–Trinajstić information content (AvgIpc) is 2.47. The van der Waals surface area contributed by atoms with Gasteiger partial charge in [-0.3, -0.25) is 9.69 Å². The molecule has 5 heteroatoms. The maximum Gasteiger partial charge on any atom is 0.308 e. The van der Waals surface area contributed by atoms with E-state index in [1.165, 1.54) is 0 Å². The first-order valence-corrected chi connectivity index (χ1v) is 6.30. The van der Waals surface area contributed by atoms with E-state index in [9.17, 15) is 4.79 Å². The van der Waals surface area contributed by atoms with Crippen molar-refractivity contribution in [2.45, 2.75) is 32.4 Å². The molecule has 0 aromatic carbocycles. The summed E-state index contributed by atoms with van der Waals surface area (Å²) >= 11 is 1.64. The van der Waals surface area contributed by atoms with Gasteiger partial charge >= 0.3 is 5.97 Å². The zero-order valence-electron chi connectivity index (χ0n) is 9.51. The average molecular weight is 240 g/mol. The van der Waals surface area contributed by atoms with Crippen LogP contribution in [0.25, 0.3) is 0 Å². The van der Waals surface area contributed by atoms with Crippen molar-refractivity contribution < 1.29 is 9.90 Å². The third-order valence-electron chi connectivity index (χ3n) is 3.20. The Bertz CT molecular complexity index is 391. The number of aromatic nitrogens is 1. The van der Waals surface area contributed by atoms with E-state index in [4.69, 9.17) is 5.11 Å². The van der Waals surface area contributed by atoms with Crippen LogP contribution in [0.4, 0.5) is 0 Å². The van der Waals surface area contributed by atoms with E-state index in [0.29, 0.717) is 0 Å². The molecule has 1 N–H and O–H groups in total. The van der Waals surface area contributed by atoms with Crippen molar-refractivity contribution in [3.63, 3.8) is 0 Å². The lowest BCUT2D eigenvalue weighted by Crippen LogP contribution is -2.48. The summed E-state index contributed by atoms with van der Waals surface area (Å²) in [5.74, 6) is -0.859. The van der Waals surface area contributed by atoms with Gasteiger partial charge in [-0.15, -0.1) is 11.3 Å². The van der Waals surface area contributed by atoms with Gasteiger partial charge in [-0.2, -0.15) is 0 Å². The topological polar surface area (TPSA) is 53.4 Å². The molecule has 88 valence electrons. The van der Waals surface area contributed by atoms with E-state index < -0.39 is 5.97 Å². The highest BCUT2D eigenvalue weighted by Gasteiger charge is 2.39. The molecule has 0 saturated heterocycles. The van der Waals surface area contributed by atoms with Crippen molar-refractivity contribution in [2.75, 3.05) is 7.05 Å². The lowest BCUT2D eigenvalue weighted by atomic mass is 9.78. The number of carbonyl (C=O) groups is 1. The third kappa shape index (κ3) is 2.25. The smallest absolute Gasteiger partial charge is 0.308 e. The first kappa shape index (κ1) is 11.5. The Morgan fingerprint density at radius 2 is 2.44 bits per heavy atom. The van der Waals surface area contributed by atoms with Gasteiger partial charge < -0.3 is 5.11 Å². The predicted molar refractivity (Wildman–Crippen MR) is 62.5 cm³/mol. The van der Waals surface area contributed by atoms with E-state index in [2.05, 4.69) is 9.88 Å². The summed E-state index contributed by atoms with van der Waals surface area (Å²) in [4.78, 5) is 17.4. The molecule has 1 aliphatic rings. The van der Waals surface area contributed by atoms with Crippen molar-refractivity contribution in [1.29, 1.82) is 0 Å². The Hall–Kier alpha value is -0.940. The summed E-state index contributed by atoms with van der Waals surface area (Å²) in [5.41, 5.74) is 1.04. The van der Waals surface area contributed by atoms with Gasteiger partial charge in [-0.1, -0.05) is 0 Å². The minimum Gasteiger partial charge on any atom is -0.481 e. The molecule has 1 aromatic heterocycles. The Morgan fingerprint density at radius 3 is 2.88 bits per heavy atom. The van der Waals surface area contributed by atoms with Crippen LogP contribution in [0.15, 0.2) is 5.38 Å². The largest absolute Gasteiger partial charge is 0.481 e. The van der Waals surface area contributed by atoms with Crippen LogP contribution in [0, 0.1) is 12.8 Å². The van der Waals surface area contributed by atoms with E-state index >= 15 is 0 Å². The molecule has 2 atom stereocenters. The van der Waals surface area contributed by atoms with E-state index in [-0.39, 0.29) is 12.0 Å². The van der Waals surface area contributed by atoms with Gasteiger partial charge in [0, 0.05) is 18.0 Å². The second-order valence-corrected chi connectivity index (χ2v) is 5.42. The highest BCUT2D eigenvalue weighted by Crippen LogP contribution is 2.32. The summed E-state index contributed by atoms with van der Waals surface area (Å²) in [6.45, 7) is 2.73. The maximum atomic E-state index is 10.9. The number of carboxylic acids is 1. The minimum absolute atomic E-state index is 0.180. The van der Waals surface area contributed by atoms with Crippen molar-refractivity contribution >= 4 is 17.3 Å². The number of hydrogen-bond donors (Lipinski definition) is 1. The quantitative estimate of drug-likeness (QED) is 0.871. The SMILES string of the molecule is Cc1nc(CN(C)C2CCC2C(=O)O)cs1. The molecular formula is C11H16N2O2S. The Kier molecular flexibility index (Phi) is 3.25. The van der Waals surface area contributed by atoms with Gasteiger partial charge in [0.1, 0.15) is 0 Å². The van der Waals surface area contributed by atoms with Crippen molar-refractivity contribution in [3.05, 3.63) is 16.1 Å². The molecule has 0 amide bonds. The normalized spacial score (nSPS) is 24.4. The molecule has 1 aromatic rings. The molecule has 0 radical (unpaired) electrons. The maximum absolute atomic E-state index is 10.9. The van der Waals surface area contributed by atoms with Gasteiger partial charge in [0.25, 0.3) is 0 Å². The number of hydrogen-bond acceptors (Lipinski definition) is 4. The van der Waals surface area contributed by atoms with Crippen LogP contribution in [0.5, 0.6) is 0 Å². The Morgan fingerprint density at radius 1 is 1.69 bits per heavy atom. The fourth-order valence-corrected chi connectivity index (χ4v) is 2.76. The molecular weight excluding hydrogens is 224 g/mol. The summed E-state index contributed by atoms with van der Waals surface area (Å²) in [7, 11) is 1.98. The number of thiazole rings is 1. The van der Waals surface area contributed by atoms with Crippen LogP contribution < -0.4 is 0 Å². The van der Waals surface area contributed by atoms with Gasteiger partial charge in [-0.05, 0) is 26.8 Å². The molecule has 0 spiro atoms. The lowest BCUT2D eigenvalue weighted by molar-refractivity contribution is -0.148. The van der Waals surface area contributed by atoms with Crippen LogP contribution in [-0.2, 0) is 11.3 Å². The molecule has 0 aliphatic heterocycles. The molecule has 4 nitrogen and oxygen atoms in total. The Labute approximate surface area is 98.9 Å². The second-order valence-electron chi connectivity index (χ2n) is 4.36. The van der Waals surface area contributed by atoms with E-state index in [1.807, 2.05) is 19.4 Å². The van der Waals surface area contributed by atoms with E-state index in [0.717, 1.165) is 30.1 Å². The molecule has 1 fully saturated rings. The Balaban J connectivity index is 1.93. The summed E-state index contributed by atoms with van der Waals surface area (Å²) in [6.07, 6.45) is 1.79. The standard InChI is InChI=1S/C11H16N2O2S/c1-7-12-8(6-16-7)5-13(2)10-4-3-9(10)11(14)15/h6,9-10H,3-5H2,1-2H3,(H,14,15). The van der Waals surface area contributed by atoms with E-state index in [1.54, 1.807) is 11.3 Å². The van der Waals surface area contributed by atoms with Crippen molar-refractivity contribution in [1.82, 2.24) is 9.88 Å². The van der Waals surface area contributed by atoms with Gasteiger partial charge in [0.2, 0.25) is 0 Å². The van der Waals surface area contributed by atoms with Gasteiger partial charge in [0.05, 0.1) is 16.6 Å². The summed E-state index contributed by atoms with van der Waals surface area (Å²) < 4.78 is 0. The number of rotatable bonds is 4. The predicted octanol–water partition coefficient (Wildman–Crippen LogP) is 1.75. The van der Waals surface area contributed by atoms with Crippen LogP contribution in [0.3, 0.4) is 0 Å². The molecule has 1 aliphatic carbocycles. The van der Waals surface area contributed by atoms with Crippen LogP contribution in [0.1, 0.15) is 23.5 Å². The first-order valence-electron chi connectivity index (χ1n) is 5.42. The fourth-order valence-electron chi connectivity index (χ4n) is 2.15. The molecule has 16 heavy (non-hydrogen) atoms. The fraction of sp³-hybridized carbons (Fsp3) is 0.636.